The lowest BCUT2D eigenvalue weighted by molar-refractivity contribution is 0.559. The molecule has 3 aromatic heterocycles. The van der Waals surface area contributed by atoms with Gasteiger partial charge in [-0.2, -0.15) is 0 Å². The van der Waals surface area contributed by atoms with Crippen molar-refractivity contribution in [3.8, 4) is 0 Å². The molecule has 120 valence electrons. The summed E-state index contributed by atoms with van der Waals surface area (Å²) in [5.41, 5.74) is 2.91. The topological polar surface area (TPSA) is 56.0 Å². The average molecular weight is 375 g/mol. The van der Waals surface area contributed by atoms with Gasteiger partial charge in [-0.15, -0.1) is 23.1 Å². The molecule has 0 saturated carbocycles. The molecule has 0 aliphatic rings. The lowest BCUT2D eigenvalue weighted by Gasteiger charge is -2.07. The van der Waals surface area contributed by atoms with Gasteiger partial charge in [0.2, 0.25) is 0 Å². The summed E-state index contributed by atoms with van der Waals surface area (Å²) in [5.74, 6) is 0.603. The minimum atomic E-state index is -0.358. The van der Waals surface area contributed by atoms with Crippen molar-refractivity contribution in [1.29, 1.82) is 0 Å². The van der Waals surface area contributed by atoms with E-state index in [2.05, 4.69) is 9.97 Å². The molecule has 24 heavy (non-hydrogen) atoms. The molecule has 0 spiro atoms. The van der Waals surface area contributed by atoms with E-state index < -0.39 is 0 Å². The fourth-order valence-electron chi connectivity index (χ4n) is 2.48. The van der Waals surface area contributed by atoms with Crippen LogP contribution in [0.5, 0.6) is 0 Å². The van der Waals surface area contributed by atoms with Crippen LogP contribution in [0.1, 0.15) is 11.1 Å². The van der Waals surface area contributed by atoms with Gasteiger partial charge in [0.15, 0.2) is 0 Å². The largest absolute Gasteiger partial charge is 0.423 e. The van der Waals surface area contributed by atoms with E-state index in [-0.39, 0.29) is 5.63 Å². The van der Waals surface area contributed by atoms with Crippen molar-refractivity contribution in [2.75, 3.05) is 0 Å². The van der Waals surface area contributed by atoms with E-state index in [1.807, 2.05) is 24.4 Å². The van der Waals surface area contributed by atoms with E-state index in [1.165, 1.54) is 6.07 Å². The lowest BCUT2D eigenvalue weighted by Crippen LogP contribution is -2.00. The van der Waals surface area contributed by atoms with Crippen LogP contribution in [0.4, 0.5) is 0 Å². The second-order valence-corrected chi connectivity index (χ2v) is 7.58. The van der Waals surface area contributed by atoms with Gasteiger partial charge in [0.05, 0.1) is 10.2 Å². The summed E-state index contributed by atoms with van der Waals surface area (Å²) in [7, 11) is 0. The van der Waals surface area contributed by atoms with Crippen LogP contribution in [0.15, 0.2) is 50.2 Å². The number of fused-ring (bicyclic) bond motifs is 2. The quantitative estimate of drug-likeness (QED) is 0.285. The van der Waals surface area contributed by atoms with Crippen molar-refractivity contribution >= 4 is 55.9 Å². The maximum absolute atomic E-state index is 11.9. The molecule has 0 saturated heterocycles. The third-order valence-electron chi connectivity index (χ3n) is 3.68. The van der Waals surface area contributed by atoms with Crippen LogP contribution in [0, 0.1) is 6.92 Å². The first kappa shape index (κ1) is 15.6. The summed E-state index contributed by atoms with van der Waals surface area (Å²) in [4.78, 5) is 20.5. The van der Waals surface area contributed by atoms with E-state index in [9.17, 15) is 4.79 Å². The molecule has 0 unspecified atom stereocenters. The average Bonchev–Trinajstić information content (AvgIpc) is 3.03. The number of hydrogen-bond acceptors (Lipinski definition) is 6. The number of aromatic nitrogens is 2. The lowest BCUT2D eigenvalue weighted by atomic mass is 10.1. The third kappa shape index (κ3) is 2.81. The summed E-state index contributed by atoms with van der Waals surface area (Å²) in [6, 6.07) is 7.15. The molecule has 4 nitrogen and oxygen atoms in total. The van der Waals surface area contributed by atoms with Gasteiger partial charge in [-0.05, 0) is 41.6 Å². The first-order chi connectivity index (χ1) is 11.6. The van der Waals surface area contributed by atoms with Crippen LogP contribution in [0.2, 0.25) is 5.02 Å². The fourth-order valence-corrected chi connectivity index (χ4v) is 4.58. The zero-order valence-corrected chi connectivity index (χ0v) is 15.0. The summed E-state index contributed by atoms with van der Waals surface area (Å²) in [5, 5.41) is 4.42. The molecule has 0 bridgehead atoms. The molecule has 0 radical (unpaired) electrons. The normalized spacial score (nSPS) is 11.4. The zero-order chi connectivity index (χ0) is 16.7. The van der Waals surface area contributed by atoms with Crippen molar-refractivity contribution in [2.45, 2.75) is 17.7 Å². The molecular weight excluding hydrogens is 364 g/mol. The molecule has 0 fully saturated rings. The van der Waals surface area contributed by atoms with Gasteiger partial charge in [-0.25, -0.2) is 14.8 Å². The van der Waals surface area contributed by atoms with Gasteiger partial charge >= 0.3 is 5.63 Å². The zero-order valence-electron chi connectivity index (χ0n) is 12.6. The minimum absolute atomic E-state index is 0.358. The van der Waals surface area contributed by atoms with Gasteiger partial charge < -0.3 is 4.42 Å². The number of thioether (sulfide) groups is 1. The van der Waals surface area contributed by atoms with Crippen molar-refractivity contribution in [2.24, 2.45) is 0 Å². The van der Waals surface area contributed by atoms with Crippen LogP contribution in [-0.4, -0.2) is 9.97 Å². The monoisotopic (exact) mass is 374 g/mol. The smallest absolute Gasteiger partial charge is 0.336 e. The van der Waals surface area contributed by atoms with Gasteiger partial charge in [-0.1, -0.05) is 11.6 Å². The third-order valence-corrected chi connectivity index (χ3v) is 6.17. The number of aryl methyl sites for hydroxylation is 1. The van der Waals surface area contributed by atoms with Crippen molar-refractivity contribution in [3.63, 3.8) is 0 Å². The van der Waals surface area contributed by atoms with Crippen LogP contribution in [0.25, 0.3) is 21.2 Å². The molecule has 0 N–H and O–H groups in total. The standard InChI is InChI=1S/C17H11ClN2O2S2/c1-9-4-14-11(6-12(9)18)10(5-15(21)22-14)7-24-17-16-13(2-3-23-16)19-8-20-17/h2-6,8H,7H2,1H3. The highest BCUT2D eigenvalue weighted by Gasteiger charge is 2.11. The molecule has 0 amide bonds. The number of benzene rings is 1. The Morgan fingerprint density at radius 2 is 2.17 bits per heavy atom. The Balaban J connectivity index is 1.75. The molecule has 0 aliphatic heterocycles. The highest BCUT2D eigenvalue weighted by molar-refractivity contribution is 7.98. The Labute approximate surface area is 150 Å². The Bertz CT molecular complexity index is 1120. The number of thiophene rings is 1. The Hall–Kier alpha value is -1.89. The predicted octanol–water partition coefficient (Wildman–Crippen LogP) is 5.05. The molecule has 4 aromatic rings. The first-order valence-electron chi connectivity index (χ1n) is 7.16. The van der Waals surface area contributed by atoms with Crippen LogP contribution in [0.3, 0.4) is 0 Å². The number of rotatable bonds is 3. The van der Waals surface area contributed by atoms with Crippen molar-refractivity contribution in [3.05, 3.63) is 62.5 Å². The molecular formula is C17H11ClN2O2S2. The number of hydrogen-bond donors (Lipinski definition) is 0. The van der Waals surface area contributed by atoms with Gasteiger partial charge in [0.25, 0.3) is 0 Å². The summed E-state index contributed by atoms with van der Waals surface area (Å²) in [6.07, 6.45) is 1.56. The second-order valence-electron chi connectivity index (χ2n) is 5.29. The SMILES string of the molecule is Cc1cc2oc(=O)cc(CSc3ncnc4ccsc34)c2cc1Cl. The first-order valence-corrected chi connectivity index (χ1v) is 9.40. The summed E-state index contributed by atoms with van der Waals surface area (Å²) in [6.45, 7) is 1.89. The second kappa shape index (κ2) is 6.20. The van der Waals surface area contributed by atoms with Crippen LogP contribution >= 0.6 is 34.7 Å². The molecule has 3 heterocycles. The highest BCUT2D eigenvalue weighted by Crippen LogP contribution is 2.33. The maximum atomic E-state index is 11.9. The number of halogens is 1. The van der Waals surface area contributed by atoms with Crippen LogP contribution < -0.4 is 5.63 Å². The fraction of sp³-hybridized carbons (Fsp3) is 0.118. The van der Waals surface area contributed by atoms with Gasteiger partial charge in [0.1, 0.15) is 16.9 Å². The summed E-state index contributed by atoms with van der Waals surface area (Å²) >= 11 is 9.42. The van der Waals surface area contributed by atoms with Gasteiger partial charge in [0, 0.05) is 22.2 Å². The highest BCUT2D eigenvalue weighted by atomic mass is 35.5. The van der Waals surface area contributed by atoms with Gasteiger partial charge in [-0.3, -0.25) is 0 Å². The molecule has 1 aromatic carbocycles. The van der Waals surface area contributed by atoms with Crippen LogP contribution in [-0.2, 0) is 5.75 Å². The molecule has 0 aliphatic carbocycles. The number of nitrogens with zero attached hydrogens (tertiary/aromatic N) is 2. The maximum Gasteiger partial charge on any atom is 0.336 e. The molecule has 4 rings (SSSR count). The van der Waals surface area contributed by atoms with E-state index >= 15 is 0 Å². The Morgan fingerprint density at radius 3 is 3.04 bits per heavy atom. The van der Waals surface area contributed by atoms with E-state index in [0.29, 0.717) is 16.4 Å². The van der Waals surface area contributed by atoms with E-state index in [1.54, 1.807) is 35.5 Å². The van der Waals surface area contributed by atoms with E-state index in [0.717, 1.165) is 31.8 Å². The van der Waals surface area contributed by atoms with Crippen molar-refractivity contribution < 1.29 is 4.42 Å². The Kier molecular flexibility index (Phi) is 4.04. The van der Waals surface area contributed by atoms with Crippen molar-refractivity contribution in [1.82, 2.24) is 9.97 Å². The summed E-state index contributed by atoms with van der Waals surface area (Å²) < 4.78 is 6.36. The predicted molar refractivity (Wildman–Crippen MR) is 99.2 cm³/mol. The molecule has 7 heteroatoms. The van der Waals surface area contributed by atoms with E-state index in [4.69, 9.17) is 16.0 Å². The Morgan fingerprint density at radius 1 is 1.29 bits per heavy atom. The minimum Gasteiger partial charge on any atom is -0.423 e. The molecule has 0 atom stereocenters.